The minimum atomic E-state index is 0.132. The zero-order chi connectivity index (χ0) is 25.4. The molecule has 35 heavy (non-hydrogen) atoms. The number of nitrogens with two attached hydrogens (primary N) is 1. The van der Waals surface area contributed by atoms with Gasteiger partial charge in [0.25, 0.3) is 0 Å². The Bertz CT molecular complexity index is 973. The predicted molar refractivity (Wildman–Crippen MR) is 143 cm³/mol. The number of methoxy groups -OCH3 is 2. The average molecular weight is 484 g/mol. The van der Waals surface area contributed by atoms with Crippen molar-refractivity contribution in [3.63, 3.8) is 0 Å². The maximum Gasteiger partial charge on any atom is 0.161 e. The van der Waals surface area contributed by atoms with Crippen LogP contribution in [0.3, 0.4) is 0 Å². The number of piperazine rings is 1. The largest absolute Gasteiger partial charge is 0.493 e. The van der Waals surface area contributed by atoms with Crippen molar-refractivity contribution < 1.29 is 18.8 Å². The smallest absolute Gasteiger partial charge is 0.161 e. The summed E-state index contributed by atoms with van der Waals surface area (Å²) in [6, 6.07) is 12.3. The highest BCUT2D eigenvalue weighted by Gasteiger charge is 2.29. The van der Waals surface area contributed by atoms with Gasteiger partial charge in [-0.2, -0.15) is 0 Å². The summed E-state index contributed by atoms with van der Waals surface area (Å²) < 4.78 is 12.1. The number of nitrogens with zero attached hydrogens (tertiary/aromatic N) is 3. The molecule has 0 amide bonds. The van der Waals surface area contributed by atoms with Crippen molar-refractivity contribution in [2.24, 2.45) is 5.73 Å². The van der Waals surface area contributed by atoms with E-state index in [1.165, 1.54) is 5.69 Å². The molecule has 1 fully saturated rings. The van der Waals surface area contributed by atoms with Gasteiger partial charge < -0.3 is 24.6 Å². The molecule has 7 nitrogen and oxygen atoms in total. The minimum absolute atomic E-state index is 0.132. The van der Waals surface area contributed by atoms with E-state index >= 15 is 0 Å². The number of carbonyl (C=O) groups is 1. The number of carbonyl (C=O) groups excluding carboxylic acids is 1. The Morgan fingerprint density at radius 1 is 1.14 bits per heavy atom. The number of likely N-dealkylation sites (N-methyl/N-ethyl adjacent to an activating group) is 1. The number of rotatable bonds is 12. The molecule has 0 aromatic heterocycles. The van der Waals surface area contributed by atoms with E-state index in [2.05, 4.69) is 49.0 Å². The lowest BCUT2D eigenvalue weighted by Crippen LogP contribution is -2.57. The Morgan fingerprint density at radius 2 is 1.86 bits per heavy atom. The van der Waals surface area contributed by atoms with Gasteiger partial charge in [0.2, 0.25) is 0 Å². The molecule has 1 aliphatic rings. The summed E-state index contributed by atoms with van der Waals surface area (Å²) in [4.78, 5) is 16.9. The van der Waals surface area contributed by atoms with E-state index in [1.807, 2.05) is 18.2 Å². The summed E-state index contributed by atoms with van der Waals surface area (Å²) in [6.07, 6.45) is 2.82. The zero-order valence-corrected chi connectivity index (χ0v) is 22.1. The molecule has 1 aliphatic heterocycles. The van der Waals surface area contributed by atoms with E-state index in [1.54, 1.807) is 14.2 Å². The first kappa shape index (κ1) is 27.0. The monoisotopic (exact) mass is 483 g/mol. The van der Waals surface area contributed by atoms with Crippen LogP contribution >= 0.6 is 0 Å². The van der Waals surface area contributed by atoms with E-state index in [0.717, 1.165) is 78.8 Å². The van der Waals surface area contributed by atoms with E-state index < -0.39 is 0 Å². The highest BCUT2D eigenvalue weighted by atomic mass is 16.5. The van der Waals surface area contributed by atoms with Gasteiger partial charge in [0.05, 0.1) is 54.0 Å². The molecule has 0 spiro atoms. The fourth-order valence-electron chi connectivity index (χ4n) is 5.05. The van der Waals surface area contributed by atoms with E-state index in [4.69, 9.17) is 15.2 Å². The van der Waals surface area contributed by atoms with Gasteiger partial charge in [-0.15, -0.1) is 0 Å². The first-order valence-corrected chi connectivity index (χ1v) is 12.7. The molecule has 192 valence electrons. The number of benzene rings is 2. The van der Waals surface area contributed by atoms with Gasteiger partial charge in [0.1, 0.15) is 6.29 Å². The molecule has 2 N–H and O–H groups in total. The summed E-state index contributed by atoms with van der Waals surface area (Å²) in [5.74, 6) is 1.43. The first-order chi connectivity index (χ1) is 16.9. The van der Waals surface area contributed by atoms with Crippen molar-refractivity contribution in [1.82, 2.24) is 4.90 Å². The Labute approximate surface area is 211 Å². The molecule has 2 aromatic rings. The fraction of sp³-hybridized carbons (Fsp3) is 0.536. The van der Waals surface area contributed by atoms with Crippen molar-refractivity contribution in [1.29, 1.82) is 0 Å². The third kappa shape index (κ3) is 6.34. The molecular formula is C28H43N4O3+. The van der Waals surface area contributed by atoms with Crippen molar-refractivity contribution in [3.05, 3.63) is 53.1 Å². The van der Waals surface area contributed by atoms with Gasteiger partial charge in [-0.1, -0.05) is 18.2 Å². The van der Waals surface area contributed by atoms with Crippen molar-refractivity contribution >= 4 is 12.0 Å². The van der Waals surface area contributed by atoms with E-state index in [0.29, 0.717) is 18.8 Å². The fourth-order valence-corrected chi connectivity index (χ4v) is 5.05. The molecule has 0 bridgehead atoms. The number of anilines is 1. The van der Waals surface area contributed by atoms with Crippen LogP contribution < -0.4 is 20.1 Å². The topological polar surface area (TPSA) is 68.0 Å². The minimum Gasteiger partial charge on any atom is -0.493 e. The highest BCUT2D eigenvalue weighted by molar-refractivity contribution is 5.81. The summed E-state index contributed by atoms with van der Waals surface area (Å²) >= 11 is 0. The van der Waals surface area contributed by atoms with Crippen molar-refractivity contribution in [2.75, 3.05) is 72.5 Å². The highest BCUT2D eigenvalue weighted by Crippen LogP contribution is 2.35. The van der Waals surface area contributed by atoms with Crippen molar-refractivity contribution in [2.45, 2.75) is 32.4 Å². The summed E-state index contributed by atoms with van der Waals surface area (Å²) in [5.41, 5.74) is 10.1. The van der Waals surface area contributed by atoms with Crippen LogP contribution in [-0.2, 0) is 6.54 Å². The quantitative estimate of drug-likeness (QED) is 0.367. The molecular weight excluding hydrogens is 440 g/mol. The second-order valence-electron chi connectivity index (χ2n) is 9.81. The molecule has 3 rings (SSSR count). The molecule has 1 atom stereocenters. The number of ether oxygens (including phenoxy) is 2. The number of quaternary nitrogens is 1. The molecule has 7 heteroatoms. The van der Waals surface area contributed by atoms with Crippen LogP contribution in [0.25, 0.3) is 0 Å². The maximum absolute atomic E-state index is 12.1. The second-order valence-corrected chi connectivity index (χ2v) is 9.81. The van der Waals surface area contributed by atoms with Gasteiger partial charge in [-0.25, -0.2) is 0 Å². The molecule has 0 saturated carbocycles. The summed E-state index contributed by atoms with van der Waals surface area (Å²) in [5, 5.41) is 0. The summed E-state index contributed by atoms with van der Waals surface area (Å²) in [7, 11) is 7.77. The molecule has 0 radical (unpaired) electrons. The number of aldehydes is 1. The first-order valence-electron chi connectivity index (χ1n) is 12.7. The van der Waals surface area contributed by atoms with Crippen LogP contribution in [0.15, 0.2) is 36.4 Å². The van der Waals surface area contributed by atoms with Gasteiger partial charge >= 0.3 is 0 Å². The lowest BCUT2D eigenvalue weighted by Gasteiger charge is -2.43. The van der Waals surface area contributed by atoms with E-state index in [9.17, 15) is 4.79 Å². The Balaban J connectivity index is 1.91. The molecule has 1 heterocycles. The molecule has 0 unspecified atom stereocenters. The van der Waals surface area contributed by atoms with Crippen LogP contribution in [0.1, 0.15) is 47.3 Å². The van der Waals surface area contributed by atoms with Gasteiger partial charge in [0.15, 0.2) is 11.5 Å². The van der Waals surface area contributed by atoms with Crippen molar-refractivity contribution in [3.8, 4) is 11.5 Å². The number of hydrogen-bond acceptors (Lipinski definition) is 6. The lowest BCUT2D eigenvalue weighted by atomic mass is 9.97. The molecule has 0 aliphatic carbocycles. The third-order valence-electron chi connectivity index (χ3n) is 7.65. The zero-order valence-electron chi connectivity index (χ0n) is 22.1. The average Bonchev–Trinajstić information content (AvgIpc) is 2.89. The Kier molecular flexibility index (Phi) is 9.55. The predicted octanol–water partition coefficient (Wildman–Crippen LogP) is 3.71. The summed E-state index contributed by atoms with van der Waals surface area (Å²) in [6.45, 7) is 8.93. The van der Waals surface area contributed by atoms with Crippen LogP contribution in [0.5, 0.6) is 11.5 Å². The standard InChI is InChI=1S/C28H43N4O3/c1-6-32(3)17-15-31(16-18-32)26-10-7-9-23(21-33)24(26)20-30(2)25(11-8-14-29)22-12-13-27(34-4)28(19-22)35-5/h7,9-10,12-13,19,21,25H,6,8,11,14-18,20,29H2,1-5H3/q+1/t25-/m1/s1. The van der Waals surface area contributed by atoms with E-state index in [-0.39, 0.29) is 6.04 Å². The Hall–Kier alpha value is -2.61. The van der Waals surface area contributed by atoms with Gasteiger partial charge in [-0.05, 0) is 62.7 Å². The second kappa shape index (κ2) is 12.4. The van der Waals surface area contributed by atoms with Crippen LogP contribution in [0.2, 0.25) is 0 Å². The molecule has 2 aromatic carbocycles. The van der Waals surface area contributed by atoms with Gasteiger partial charge in [-0.3, -0.25) is 9.69 Å². The lowest BCUT2D eigenvalue weighted by molar-refractivity contribution is -0.908. The third-order valence-corrected chi connectivity index (χ3v) is 7.65. The SMILES string of the molecule is CC[N+]1(C)CCN(c2cccc(C=O)c2CN(C)[C@H](CCCN)c2ccc(OC)c(OC)c2)CC1. The normalized spacial score (nSPS) is 16.3. The van der Waals surface area contributed by atoms with Crippen LogP contribution in [0.4, 0.5) is 5.69 Å². The molecule has 1 saturated heterocycles. The van der Waals surface area contributed by atoms with Crippen LogP contribution in [-0.4, -0.2) is 83.3 Å². The van der Waals surface area contributed by atoms with Gasteiger partial charge in [0, 0.05) is 23.8 Å². The Morgan fingerprint density at radius 3 is 2.46 bits per heavy atom. The maximum atomic E-state index is 12.1. The van der Waals surface area contributed by atoms with Crippen LogP contribution in [0, 0.1) is 0 Å². The number of hydrogen-bond donors (Lipinski definition) is 1.